The zero-order valence-electron chi connectivity index (χ0n) is 18.7. The van der Waals surface area contributed by atoms with E-state index in [1.807, 2.05) is 19.1 Å². The summed E-state index contributed by atoms with van der Waals surface area (Å²) in [6.45, 7) is 12.8. The molecule has 0 unspecified atom stereocenters. The van der Waals surface area contributed by atoms with E-state index in [1.54, 1.807) is 24.8 Å². The molecule has 3 amide bonds. The summed E-state index contributed by atoms with van der Waals surface area (Å²) in [5.74, 6) is -0.912. The maximum Gasteiger partial charge on any atom is 0.313 e. The van der Waals surface area contributed by atoms with Gasteiger partial charge in [-0.15, -0.1) is 11.3 Å². The lowest BCUT2D eigenvalue weighted by Crippen LogP contribution is -2.56. The Balaban J connectivity index is 2.27. The third-order valence-electron chi connectivity index (χ3n) is 5.41. The molecule has 2 atom stereocenters. The van der Waals surface area contributed by atoms with E-state index in [0.717, 1.165) is 17.7 Å². The van der Waals surface area contributed by atoms with E-state index in [-0.39, 0.29) is 17.6 Å². The number of anilines is 1. The van der Waals surface area contributed by atoms with Gasteiger partial charge in [-0.1, -0.05) is 6.92 Å². The number of carbonyl (C=O) groups excluding carboxylic acids is 3. The van der Waals surface area contributed by atoms with Gasteiger partial charge in [0.05, 0.1) is 10.5 Å². The topological polar surface area (TPSA) is 117 Å². The van der Waals surface area contributed by atoms with Gasteiger partial charge in [-0.3, -0.25) is 14.4 Å². The molecule has 31 heavy (non-hydrogen) atoms. The smallest absolute Gasteiger partial charge is 0.313 e. The second kappa shape index (κ2) is 9.91. The van der Waals surface area contributed by atoms with Crippen molar-refractivity contribution in [2.45, 2.75) is 53.0 Å². The van der Waals surface area contributed by atoms with Crippen LogP contribution in [0.4, 0.5) is 5.00 Å². The fourth-order valence-electron chi connectivity index (χ4n) is 3.61. The quantitative estimate of drug-likeness (QED) is 0.367. The lowest BCUT2D eigenvalue weighted by atomic mass is 9.82. The molecule has 168 valence electrons. The van der Waals surface area contributed by atoms with Crippen LogP contribution in [0.2, 0.25) is 0 Å². The van der Waals surface area contributed by atoms with Gasteiger partial charge in [0.2, 0.25) is 5.91 Å². The summed E-state index contributed by atoms with van der Waals surface area (Å²) >= 11 is 1.42. The molecule has 0 aromatic carbocycles. The first kappa shape index (κ1) is 24.3. The van der Waals surface area contributed by atoms with Crippen LogP contribution in [-0.2, 0) is 19.9 Å². The number of thiophene rings is 1. The van der Waals surface area contributed by atoms with E-state index < -0.39 is 17.4 Å². The van der Waals surface area contributed by atoms with Crippen LogP contribution in [0.25, 0.3) is 0 Å². The number of carbonyl (C=O) groups is 3. The Morgan fingerprint density at radius 2 is 2.00 bits per heavy atom. The van der Waals surface area contributed by atoms with Gasteiger partial charge in [-0.25, -0.2) is 4.99 Å². The number of aliphatic imine (C=N–C) groups is 1. The molecule has 9 heteroatoms. The number of piperidine rings is 1. The minimum atomic E-state index is -0.703. The van der Waals surface area contributed by atoms with Crippen molar-refractivity contribution in [2.75, 3.05) is 11.9 Å². The van der Waals surface area contributed by atoms with Crippen LogP contribution in [-0.4, -0.2) is 35.9 Å². The van der Waals surface area contributed by atoms with Crippen molar-refractivity contribution in [1.29, 1.82) is 0 Å². The summed E-state index contributed by atoms with van der Waals surface area (Å²) in [6, 6.07) is 3.74. The highest BCUT2D eigenvalue weighted by molar-refractivity contribution is 7.16. The summed E-state index contributed by atoms with van der Waals surface area (Å²) in [6.07, 6.45) is 3.31. The Morgan fingerprint density at radius 1 is 1.32 bits per heavy atom. The average molecular weight is 446 g/mol. The second-order valence-electron chi connectivity index (χ2n) is 8.19. The Morgan fingerprint density at radius 3 is 2.61 bits per heavy atom. The highest BCUT2D eigenvalue weighted by Gasteiger charge is 2.43. The molecule has 1 aliphatic rings. The first-order chi connectivity index (χ1) is 14.5. The molecule has 2 heterocycles. The SMILES string of the molecule is C=N/C(N)=C(C)\C=C(/C)NC(=O)C(=O)N1C[C@@H](C)CC[C@@]1(C)c1ccc(NC(C)=O)s1. The van der Waals surface area contributed by atoms with Crippen molar-refractivity contribution < 1.29 is 14.4 Å². The first-order valence-electron chi connectivity index (χ1n) is 10.1. The lowest BCUT2D eigenvalue weighted by Gasteiger charge is -2.46. The number of nitrogens with one attached hydrogen (secondary N) is 2. The minimum Gasteiger partial charge on any atom is -0.384 e. The number of nitrogens with two attached hydrogens (primary N) is 1. The summed E-state index contributed by atoms with van der Waals surface area (Å²) in [7, 11) is 0. The summed E-state index contributed by atoms with van der Waals surface area (Å²) in [5.41, 5.74) is 6.20. The zero-order valence-corrected chi connectivity index (χ0v) is 19.6. The number of nitrogens with zero attached hydrogens (tertiary/aromatic N) is 2. The molecule has 0 bridgehead atoms. The van der Waals surface area contributed by atoms with E-state index >= 15 is 0 Å². The Labute approximate surface area is 187 Å². The Hall–Kier alpha value is -2.94. The van der Waals surface area contributed by atoms with Gasteiger partial charge in [0.15, 0.2) is 0 Å². The highest BCUT2D eigenvalue weighted by atomic mass is 32.1. The number of hydrogen-bond donors (Lipinski definition) is 3. The van der Waals surface area contributed by atoms with Gasteiger partial charge in [-0.2, -0.15) is 0 Å². The van der Waals surface area contributed by atoms with Crippen LogP contribution in [0, 0.1) is 5.92 Å². The molecule has 1 aromatic rings. The highest BCUT2D eigenvalue weighted by Crippen LogP contribution is 2.43. The van der Waals surface area contributed by atoms with Gasteiger partial charge in [0.1, 0.15) is 5.82 Å². The number of rotatable bonds is 5. The molecule has 8 nitrogen and oxygen atoms in total. The average Bonchev–Trinajstić information content (AvgIpc) is 3.16. The van der Waals surface area contributed by atoms with E-state index in [1.165, 1.54) is 18.3 Å². The lowest BCUT2D eigenvalue weighted by molar-refractivity contribution is -0.152. The molecule has 4 N–H and O–H groups in total. The molecule has 0 radical (unpaired) electrons. The first-order valence-corrected chi connectivity index (χ1v) is 10.9. The van der Waals surface area contributed by atoms with Crippen molar-refractivity contribution in [3.05, 3.63) is 40.2 Å². The summed E-state index contributed by atoms with van der Waals surface area (Å²) < 4.78 is 0. The number of likely N-dealkylation sites (tertiary alicyclic amines) is 1. The molecule has 1 aromatic heterocycles. The van der Waals surface area contributed by atoms with Crippen LogP contribution in [0.5, 0.6) is 0 Å². The fraction of sp³-hybridized carbons (Fsp3) is 0.455. The van der Waals surface area contributed by atoms with Gasteiger partial charge >= 0.3 is 11.8 Å². The third-order valence-corrected chi connectivity index (χ3v) is 6.66. The number of allylic oxidation sites excluding steroid dienone is 3. The third kappa shape index (κ3) is 5.81. The van der Waals surface area contributed by atoms with Crippen LogP contribution >= 0.6 is 11.3 Å². The van der Waals surface area contributed by atoms with Gasteiger partial charge < -0.3 is 21.3 Å². The van der Waals surface area contributed by atoms with Gasteiger partial charge in [0.25, 0.3) is 0 Å². The monoisotopic (exact) mass is 445 g/mol. The zero-order chi connectivity index (χ0) is 23.3. The molecule has 0 spiro atoms. The predicted molar refractivity (Wildman–Crippen MR) is 124 cm³/mol. The van der Waals surface area contributed by atoms with Crippen molar-refractivity contribution in [2.24, 2.45) is 16.6 Å². The van der Waals surface area contributed by atoms with E-state index in [2.05, 4.69) is 29.3 Å². The minimum absolute atomic E-state index is 0.151. The van der Waals surface area contributed by atoms with Crippen LogP contribution < -0.4 is 16.4 Å². The molecule has 0 saturated carbocycles. The standard InChI is InChI=1S/C22H31N5O3S/c1-13-9-10-22(5,17-7-8-18(31-17)26-16(4)28)27(12-13)21(30)20(29)25-15(3)11-14(2)19(23)24-6/h7-8,11,13H,6,9-10,12,23H2,1-5H3,(H,25,29)(H,26,28)/b15-11+,19-14-/t13-,22-/m0/s1. The van der Waals surface area contributed by atoms with Crippen LogP contribution in [0.1, 0.15) is 52.3 Å². The largest absolute Gasteiger partial charge is 0.384 e. The van der Waals surface area contributed by atoms with Gasteiger partial charge in [-0.05, 0) is 70.0 Å². The number of hydrogen-bond acceptors (Lipinski definition) is 6. The van der Waals surface area contributed by atoms with Crippen molar-refractivity contribution in [1.82, 2.24) is 10.2 Å². The Bertz CT molecular complexity index is 949. The van der Waals surface area contributed by atoms with E-state index in [4.69, 9.17) is 5.73 Å². The maximum absolute atomic E-state index is 13.2. The normalized spacial score (nSPS) is 22.4. The molecular formula is C22H31N5O3S. The van der Waals surface area contributed by atoms with Crippen molar-refractivity contribution in [3.8, 4) is 0 Å². The van der Waals surface area contributed by atoms with E-state index in [0.29, 0.717) is 22.8 Å². The molecule has 1 saturated heterocycles. The Kier molecular flexibility index (Phi) is 7.78. The molecule has 0 aliphatic carbocycles. The van der Waals surface area contributed by atoms with Crippen LogP contribution in [0.3, 0.4) is 0 Å². The second-order valence-corrected chi connectivity index (χ2v) is 9.27. The predicted octanol–water partition coefficient (Wildman–Crippen LogP) is 3.09. The number of amides is 3. The van der Waals surface area contributed by atoms with Gasteiger partial charge in [0, 0.05) is 24.0 Å². The fourth-order valence-corrected chi connectivity index (χ4v) is 4.75. The molecular weight excluding hydrogens is 414 g/mol. The van der Waals surface area contributed by atoms with E-state index in [9.17, 15) is 14.4 Å². The van der Waals surface area contributed by atoms with Crippen molar-refractivity contribution >= 4 is 40.8 Å². The van der Waals surface area contributed by atoms with Crippen molar-refractivity contribution in [3.63, 3.8) is 0 Å². The summed E-state index contributed by atoms with van der Waals surface area (Å²) in [4.78, 5) is 43.6. The summed E-state index contributed by atoms with van der Waals surface area (Å²) in [5, 5.41) is 6.14. The molecule has 1 fully saturated rings. The molecule has 2 rings (SSSR count). The van der Waals surface area contributed by atoms with Crippen LogP contribution in [0.15, 0.2) is 40.3 Å². The maximum atomic E-state index is 13.2. The molecule has 1 aliphatic heterocycles.